The molecule has 94 valence electrons. The Morgan fingerprint density at radius 2 is 2.06 bits per heavy atom. The second-order valence-electron chi connectivity index (χ2n) is 5.11. The molecule has 0 spiro atoms. The van der Waals surface area contributed by atoms with Gasteiger partial charge in [-0.3, -0.25) is 4.79 Å². The van der Waals surface area contributed by atoms with Gasteiger partial charge in [-0.1, -0.05) is 32.6 Å². The van der Waals surface area contributed by atoms with Gasteiger partial charge in [0, 0.05) is 12.1 Å². The molecule has 0 aliphatic heterocycles. The minimum absolute atomic E-state index is 0.0433. The molecule has 3 nitrogen and oxygen atoms in total. The summed E-state index contributed by atoms with van der Waals surface area (Å²) in [5.74, 6) is -0.0788. The van der Waals surface area contributed by atoms with Gasteiger partial charge in [0.2, 0.25) is 5.91 Å². The van der Waals surface area contributed by atoms with Crippen molar-refractivity contribution in [2.75, 3.05) is 0 Å². The number of nitrogens with one attached hydrogen (secondary N) is 1. The molecule has 0 bridgehead atoms. The van der Waals surface area contributed by atoms with Crippen molar-refractivity contribution < 1.29 is 4.79 Å². The molecule has 16 heavy (non-hydrogen) atoms. The number of nitrogens with two attached hydrogens (primary N) is 1. The molecular formula is C13H26N2O. The lowest BCUT2D eigenvalue weighted by Crippen LogP contribution is -2.45. The average molecular weight is 226 g/mol. The predicted octanol–water partition coefficient (Wildman–Crippen LogP) is 2.20. The van der Waals surface area contributed by atoms with Gasteiger partial charge in [0.25, 0.3) is 0 Å². The topological polar surface area (TPSA) is 55.1 Å². The third-order valence-corrected chi connectivity index (χ3v) is 3.60. The zero-order valence-electron chi connectivity index (χ0n) is 10.7. The molecule has 3 heteroatoms. The molecule has 1 amide bonds. The van der Waals surface area contributed by atoms with Crippen molar-refractivity contribution in [1.82, 2.24) is 5.32 Å². The van der Waals surface area contributed by atoms with Gasteiger partial charge in [-0.05, 0) is 26.2 Å². The van der Waals surface area contributed by atoms with Crippen molar-refractivity contribution in [2.45, 2.75) is 70.9 Å². The second-order valence-corrected chi connectivity index (χ2v) is 5.11. The predicted molar refractivity (Wildman–Crippen MR) is 67.1 cm³/mol. The number of carbonyl (C=O) groups excluding carboxylic acids is 1. The molecule has 0 aromatic carbocycles. The van der Waals surface area contributed by atoms with Crippen molar-refractivity contribution in [1.29, 1.82) is 0 Å². The summed E-state index contributed by atoms with van der Waals surface area (Å²) in [6.45, 7) is 4.39. The van der Waals surface area contributed by atoms with Crippen LogP contribution in [0.5, 0.6) is 0 Å². The fourth-order valence-corrected chi connectivity index (χ4v) is 2.73. The van der Waals surface area contributed by atoms with Gasteiger partial charge in [0.1, 0.15) is 0 Å². The van der Waals surface area contributed by atoms with E-state index in [1.807, 2.05) is 0 Å². The molecular weight excluding hydrogens is 200 g/mol. The van der Waals surface area contributed by atoms with Gasteiger partial charge in [0.05, 0.1) is 5.92 Å². The van der Waals surface area contributed by atoms with Crippen molar-refractivity contribution >= 4 is 5.91 Å². The van der Waals surface area contributed by atoms with Crippen LogP contribution in [0.4, 0.5) is 0 Å². The van der Waals surface area contributed by atoms with Crippen LogP contribution in [-0.2, 0) is 4.79 Å². The van der Waals surface area contributed by atoms with Gasteiger partial charge >= 0.3 is 0 Å². The molecule has 1 fully saturated rings. The van der Waals surface area contributed by atoms with Crippen LogP contribution in [0.3, 0.4) is 0 Å². The van der Waals surface area contributed by atoms with E-state index in [-0.39, 0.29) is 11.8 Å². The van der Waals surface area contributed by atoms with Crippen LogP contribution >= 0.6 is 0 Å². The monoisotopic (exact) mass is 226 g/mol. The smallest absolute Gasteiger partial charge is 0.222 e. The Morgan fingerprint density at radius 3 is 2.69 bits per heavy atom. The summed E-state index contributed by atoms with van der Waals surface area (Å²) >= 11 is 0. The number of carbonyl (C=O) groups is 1. The molecule has 3 atom stereocenters. The van der Waals surface area contributed by atoms with E-state index in [4.69, 9.17) is 5.73 Å². The van der Waals surface area contributed by atoms with Gasteiger partial charge in [-0.15, -0.1) is 0 Å². The maximum atomic E-state index is 11.4. The highest BCUT2D eigenvalue weighted by Gasteiger charge is 2.28. The zero-order chi connectivity index (χ0) is 12.0. The minimum atomic E-state index is -0.122. The van der Waals surface area contributed by atoms with E-state index in [1.165, 1.54) is 25.7 Å². The van der Waals surface area contributed by atoms with E-state index in [2.05, 4.69) is 19.2 Å². The number of hydrogen-bond donors (Lipinski definition) is 2. The van der Waals surface area contributed by atoms with E-state index < -0.39 is 0 Å². The van der Waals surface area contributed by atoms with Gasteiger partial charge in [-0.2, -0.15) is 0 Å². The first kappa shape index (κ1) is 13.5. The lowest BCUT2D eigenvalue weighted by atomic mass is 9.93. The van der Waals surface area contributed by atoms with E-state index in [9.17, 15) is 4.79 Å². The van der Waals surface area contributed by atoms with Crippen molar-refractivity contribution in [3.8, 4) is 0 Å². The Kier molecular flexibility index (Phi) is 5.81. The third kappa shape index (κ3) is 4.12. The summed E-state index contributed by atoms with van der Waals surface area (Å²) < 4.78 is 0. The molecule has 0 aromatic heterocycles. The fraction of sp³-hybridized carbons (Fsp3) is 0.923. The SMILES string of the molecule is CCCC(C)NC1CCCCCC1C(N)=O. The van der Waals surface area contributed by atoms with Crippen molar-refractivity contribution in [2.24, 2.45) is 11.7 Å². The summed E-state index contributed by atoms with van der Waals surface area (Å²) in [6.07, 6.45) is 8.02. The molecule has 1 saturated carbocycles. The van der Waals surface area contributed by atoms with Crippen LogP contribution in [0.15, 0.2) is 0 Å². The lowest BCUT2D eigenvalue weighted by Gasteiger charge is -2.27. The average Bonchev–Trinajstić information content (AvgIpc) is 2.43. The van der Waals surface area contributed by atoms with Crippen molar-refractivity contribution in [3.05, 3.63) is 0 Å². The van der Waals surface area contributed by atoms with Crippen molar-refractivity contribution in [3.63, 3.8) is 0 Å². The number of hydrogen-bond acceptors (Lipinski definition) is 2. The first-order chi connectivity index (χ1) is 7.65. The van der Waals surface area contributed by atoms with E-state index in [0.29, 0.717) is 12.1 Å². The van der Waals surface area contributed by atoms with Crippen LogP contribution in [0.2, 0.25) is 0 Å². The molecule has 1 aliphatic carbocycles. The van der Waals surface area contributed by atoms with Crippen LogP contribution in [0, 0.1) is 5.92 Å². The second kappa shape index (κ2) is 6.89. The van der Waals surface area contributed by atoms with Gasteiger partial charge < -0.3 is 11.1 Å². The van der Waals surface area contributed by atoms with Crippen LogP contribution in [-0.4, -0.2) is 18.0 Å². The first-order valence-electron chi connectivity index (χ1n) is 6.70. The Hall–Kier alpha value is -0.570. The lowest BCUT2D eigenvalue weighted by molar-refractivity contribution is -0.122. The Bertz CT molecular complexity index is 218. The summed E-state index contributed by atoms with van der Waals surface area (Å²) in [4.78, 5) is 11.4. The van der Waals surface area contributed by atoms with E-state index >= 15 is 0 Å². The summed E-state index contributed by atoms with van der Waals surface area (Å²) in [6, 6.07) is 0.802. The highest BCUT2D eigenvalue weighted by molar-refractivity contribution is 5.77. The molecule has 3 N–H and O–H groups in total. The molecule has 0 heterocycles. The van der Waals surface area contributed by atoms with E-state index in [1.54, 1.807) is 0 Å². The molecule has 0 aromatic rings. The van der Waals surface area contributed by atoms with Crippen LogP contribution in [0.1, 0.15) is 58.8 Å². The number of amides is 1. The maximum Gasteiger partial charge on any atom is 0.222 e. The molecule has 0 radical (unpaired) electrons. The third-order valence-electron chi connectivity index (χ3n) is 3.60. The number of rotatable bonds is 5. The Labute approximate surface area is 99.2 Å². The normalized spacial score (nSPS) is 28.4. The highest BCUT2D eigenvalue weighted by atomic mass is 16.1. The Morgan fingerprint density at radius 1 is 1.38 bits per heavy atom. The highest BCUT2D eigenvalue weighted by Crippen LogP contribution is 2.24. The molecule has 0 saturated heterocycles. The quantitative estimate of drug-likeness (QED) is 0.706. The maximum absolute atomic E-state index is 11.4. The number of primary amides is 1. The fourth-order valence-electron chi connectivity index (χ4n) is 2.73. The molecule has 1 aliphatic rings. The van der Waals surface area contributed by atoms with Crippen LogP contribution < -0.4 is 11.1 Å². The first-order valence-corrected chi connectivity index (χ1v) is 6.70. The summed E-state index contributed by atoms with van der Waals surface area (Å²) in [5, 5.41) is 3.59. The minimum Gasteiger partial charge on any atom is -0.369 e. The Balaban J connectivity index is 2.53. The molecule has 3 unspecified atom stereocenters. The molecule has 1 rings (SSSR count). The standard InChI is InChI=1S/C13H26N2O/c1-3-7-10(2)15-12-9-6-4-5-8-11(12)13(14)16/h10-12,15H,3-9H2,1-2H3,(H2,14,16). The van der Waals surface area contributed by atoms with Crippen LogP contribution in [0.25, 0.3) is 0 Å². The van der Waals surface area contributed by atoms with E-state index in [0.717, 1.165) is 19.3 Å². The zero-order valence-corrected chi connectivity index (χ0v) is 10.7. The van der Waals surface area contributed by atoms with Gasteiger partial charge in [0.15, 0.2) is 0 Å². The van der Waals surface area contributed by atoms with Gasteiger partial charge in [-0.25, -0.2) is 0 Å². The summed E-state index contributed by atoms with van der Waals surface area (Å²) in [5.41, 5.74) is 5.50. The largest absolute Gasteiger partial charge is 0.369 e. The summed E-state index contributed by atoms with van der Waals surface area (Å²) in [7, 11) is 0.